The second-order valence-electron chi connectivity index (χ2n) is 16.8. The molecule has 0 amide bonds. The van der Waals surface area contributed by atoms with Crippen molar-refractivity contribution >= 4 is 86.0 Å². The van der Waals surface area contributed by atoms with E-state index in [0.717, 1.165) is 43.6 Å². The van der Waals surface area contributed by atoms with E-state index in [1.807, 2.05) is 0 Å². The topological polar surface area (TPSA) is 35.6 Å². The van der Waals surface area contributed by atoms with E-state index in [0.29, 0.717) is 5.95 Å². The third kappa shape index (κ3) is 3.89. The molecule has 0 atom stereocenters. The molecule has 4 nitrogen and oxygen atoms in total. The molecule has 1 spiro atoms. The van der Waals surface area contributed by atoms with E-state index in [-0.39, 0.29) is 0 Å². The van der Waals surface area contributed by atoms with Gasteiger partial charge in [0, 0.05) is 42.6 Å². The van der Waals surface area contributed by atoms with Crippen molar-refractivity contribution in [3.05, 3.63) is 216 Å². The quantitative estimate of drug-likeness (QED) is 0.178. The molecule has 15 rings (SSSR count). The lowest BCUT2D eigenvalue weighted by atomic mass is 9.63. The van der Waals surface area contributed by atoms with Crippen LogP contribution in [0.4, 0.5) is 0 Å². The van der Waals surface area contributed by atoms with Crippen molar-refractivity contribution < 1.29 is 0 Å². The van der Waals surface area contributed by atoms with Crippen molar-refractivity contribution in [1.29, 1.82) is 0 Å². The SMILES string of the molecule is c1ccc(-c2nc(-n3c4cccc5c4c4c6c(cccc6c(-n6c7ccccc7c7ccccc76)cc43)C53c4ccccc4-c4ccccc43)nc3c2sc2ccccc23)cc1. The summed E-state index contributed by atoms with van der Waals surface area (Å²) in [5.74, 6) is 0.672. The Morgan fingerprint density at radius 2 is 0.968 bits per heavy atom. The minimum Gasteiger partial charge on any atom is -0.309 e. The fourth-order valence-corrected chi connectivity index (χ4v) is 12.8. The van der Waals surface area contributed by atoms with Crippen molar-refractivity contribution in [3.8, 4) is 34.0 Å². The number of thiophene rings is 1. The zero-order chi connectivity index (χ0) is 40.3. The van der Waals surface area contributed by atoms with E-state index < -0.39 is 5.41 Å². The lowest BCUT2D eigenvalue weighted by molar-refractivity contribution is 0.783. The molecular weight excluding hydrogens is 773 g/mol. The molecule has 4 aromatic heterocycles. The van der Waals surface area contributed by atoms with Crippen LogP contribution in [0, 0.1) is 0 Å². The van der Waals surface area contributed by atoms with Gasteiger partial charge in [-0.2, -0.15) is 0 Å². The maximum Gasteiger partial charge on any atom is 0.235 e. The van der Waals surface area contributed by atoms with Crippen molar-refractivity contribution in [1.82, 2.24) is 19.1 Å². The van der Waals surface area contributed by atoms with Crippen LogP contribution in [0.15, 0.2) is 194 Å². The van der Waals surface area contributed by atoms with Crippen molar-refractivity contribution in [2.45, 2.75) is 5.41 Å². The number of benzene rings is 9. The Labute approximate surface area is 359 Å². The van der Waals surface area contributed by atoms with Gasteiger partial charge in [0.1, 0.15) is 0 Å². The van der Waals surface area contributed by atoms with Gasteiger partial charge in [-0.3, -0.25) is 4.57 Å². The van der Waals surface area contributed by atoms with Gasteiger partial charge in [0.05, 0.1) is 49.1 Å². The van der Waals surface area contributed by atoms with E-state index in [2.05, 4.69) is 203 Å². The average Bonchev–Trinajstić information content (AvgIpc) is 4.07. The summed E-state index contributed by atoms with van der Waals surface area (Å²) < 4.78 is 7.18. The minimum atomic E-state index is -0.554. The number of rotatable bonds is 3. The average molecular weight is 805 g/mol. The Bertz CT molecular complexity index is 4010. The summed E-state index contributed by atoms with van der Waals surface area (Å²) in [5, 5.41) is 8.63. The smallest absolute Gasteiger partial charge is 0.235 e. The molecule has 9 aromatic carbocycles. The van der Waals surface area contributed by atoms with Crippen LogP contribution in [0.25, 0.3) is 109 Å². The number of nitrogens with zero attached hydrogens (tertiary/aromatic N) is 4. The third-order valence-corrected chi connectivity index (χ3v) is 15.1. The summed E-state index contributed by atoms with van der Waals surface area (Å²) in [6.45, 7) is 0. The number of hydrogen-bond donors (Lipinski definition) is 0. The molecule has 0 saturated carbocycles. The van der Waals surface area contributed by atoms with Crippen LogP contribution in [-0.4, -0.2) is 19.1 Å². The molecule has 0 N–H and O–H groups in total. The first-order valence-corrected chi connectivity index (χ1v) is 22.1. The summed E-state index contributed by atoms with van der Waals surface area (Å²) in [5.41, 5.74) is 16.0. The molecule has 4 heterocycles. The Hall–Kier alpha value is -7.86. The van der Waals surface area contributed by atoms with Crippen LogP contribution in [-0.2, 0) is 5.41 Å². The zero-order valence-corrected chi connectivity index (χ0v) is 34.0. The number of hydrogen-bond acceptors (Lipinski definition) is 3. The molecule has 62 heavy (non-hydrogen) atoms. The molecule has 0 aliphatic heterocycles. The molecule has 13 aromatic rings. The highest BCUT2D eigenvalue weighted by atomic mass is 32.1. The predicted molar refractivity (Wildman–Crippen MR) is 257 cm³/mol. The molecule has 0 bridgehead atoms. The molecule has 0 saturated heterocycles. The second kappa shape index (κ2) is 11.7. The number of para-hydroxylation sites is 2. The van der Waals surface area contributed by atoms with Gasteiger partial charge in [-0.15, -0.1) is 11.3 Å². The molecule has 0 fully saturated rings. The summed E-state index contributed by atoms with van der Waals surface area (Å²) in [6, 6.07) is 71.6. The van der Waals surface area contributed by atoms with E-state index in [4.69, 9.17) is 9.97 Å². The molecule has 286 valence electrons. The minimum absolute atomic E-state index is 0.554. The predicted octanol–water partition coefficient (Wildman–Crippen LogP) is 14.5. The highest BCUT2D eigenvalue weighted by Crippen LogP contribution is 2.62. The van der Waals surface area contributed by atoms with Crippen molar-refractivity contribution in [2.24, 2.45) is 0 Å². The summed E-state index contributed by atoms with van der Waals surface area (Å²) in [4.78, 5) is 11.3. The molecule has 2 aliphatic rings. The van der Waals surface area contributed by atoms with E-state index in [1.54, 1.807) is 11.3 Å². The van der Waals surface area contributed by atoms with Crippen LogP contribution in [0.3, 0.4) is 0 Å². The van der Waals surface area contributed by atoms with E-state index in [9.17, 15) is 0 Å². The number of aromatic nitrogens is 4. The second-order valence-corrected chi connectivity index (χ2v) is 17.8. The highest BCUT2D eigenvalue weighted by Gasteiger charge is 2.50. The van der Waals surface area contributed by atoms with Gasteiger partial charge >= 0.3 is 0 Å². The van der Waals surface area contributed by atoms with Crippen LogP contribution in [0.1, 0.15) is 22.3 Å². The first kappa shape index (κ1) is 32.9. The van der Waals surface area contributed by atoms with Crippen LogP contribution >= 0.6 is 11.3 Å². The standard InChI is InChI=1S/C57H32N4S/c1-2-16-33(17-3-1)53-55-54(39-22-8-13-31-49(39)62-55)59-56(58-53)61-46-30-15-27-43-51(46)52-48(61)32-47(60-44-28-11-6-20-36(44)37-21-7-12-29-45(37)60)38-23-14-26-42(50(38)52)57(43)40-24-9-4-18-34(40)35-19-5-10-25-41(35)57/h1-32H. The fourth-order valence-electron chi connectivity index (χ4n) is 11.6. The third-order valence-electron chi connectivity index (χ3n) is 13.9. The maximum absolute atomic E-state index is 5.64. The van der Waals surface area contributed by atoms with Gasteiger partial charge in [0.25, 0.3) is 0 Å². The first-order chi connectivity index (χ1) is 30.8. The molecule has 5 heteroatoms. The van der Waals surface area contributed by atoms with E-state index >= 15 is 0 Å². The van der Waals surface area contributed by atoms with Crippen LogP contribution in [0.5, 0.6) is 0 Å². The summed E-state index contributed by atoms with van der Waals surface area (Å²) in [6.07, 6.45) is 0. The Balaban J connectivity index is 1.19. The van der Waals surface area contributed by atoms with E-state index in [1.165, 1.54) is 81.4 Å². The molecular formula is C57H32N4S. The largest absolute Gasteiger partial charge is 0.309 e. The van der Waals surface area contributed by atoms with Gasteiger partial charge in [-0.25, -0.2) is 9.97 Å². The van der Waals surface area contributed by atoms with Crippen LogP contribution < -0.4 is 0 Å². The lowest BCUT2D eigenvalue weighted by Gasteiger charge is -2.38. The monoisotopic (exact) mass is 804 g/mol. The van der Waals surface area contributed by atoms with Crippen LogP contribution in [0.2, 0.25) is 0 Å². The highest BCUT2D eigenvalue weighted by molar-refractivity contribution is 7.26. The van der Waals surface area contributed by atoms with Gasteiger partial charge in [0.2, 0.25) is 5.95 Å². The van der Waals surface area contributed by atoms with Gasteiger partial charge < -0.3 is 4.57 Å². The van der Waals surface area contributed by atoms with Gasteiger partial charge in [-0.1, -0.05) is 164 Å². The molecule has 0 unspecified atom stereocenters. The lowest BCUT2D eigenvalue weighted by Crippen LogP contribution is -2.30. The Morgan fingerprint density at radius 1 is 0.403 bits per heavy atom. The Morgan fingerprint density at radius 3 is 1.71 bits per heavy atom. The summed E-state index contributed by atoms with van der Waals surface area (Å²) >= 11 is 1.77. The number of fused-ring (bicyclic) bond motifs is 13. The van der Waals surface area contributed by atoms with Crippen molar-refractivity contribution in [2.75, 3.05) is 0 Å². The van der Waals surface area contributed by atoms with Gasteiger partial charge in [0.15, 0.2) is 0 Å². The summed E-state index contributed by atoms with van der Waals surface area (Å²) in [7, 11) is 0. The molecule has 0 radical (unpaired) electrons. The first-order valence-electron chi connectivity index (χ1n) is 21.3. The van der Waals surface area contributed by atoms with Crippen molar-refractivity contribution in [3.63, 3.8) is 0 Å². The zero-order valence-electron chi connectivity index (χ0n) is 33.2. The Kier molecular flexibility index (Phi) is 6.21. The van der Waals surface area contributed by atoms with Gasteiger partial charge in [-0.05, 0) is 69.1 Å². The normalized spacial score (nSPS) is 13.6. The fraction of sp³-hybridized carbons (Fsp3) is 0.0175. The maximum atomic E-state index is 5.64. The molecule has 2 aliphatic carbocycles.